The molecule has 3 nitrogen and oxygen atoms in total. The lowest BCUT2D eigenvalue weighted by molar-refractivity contribution is -0.127. The number of amides is 1. The van der Waals surface area contributed by atoms with Crippen molar-refractivity contribution in [1.29, 1.82) is 0 Å². The minimum absolute atomic E-state index is 0.0757. The SMILES string of the molecule is CC(C)NC(=O)C(C)Oc1ccc(F)cc1. The van der Waals surface area contributed by atoms with Crippen LogP contribution in [0.1, 0.15) is 20.8 Å². The van der Waals surface area contributed by atoms with Crippen molar-refractivity contribution in [2.24, 2.45) is 0 Å². The predicted octanol–water partition coefficient (Wildman–Crippen LogP) is 2.12. The molecule has 1 aromatic carbocycles. The van der Waals surface area contributed by atoms with Crippen molar-refractivity contribution < 1.29 is 13.9 Å². The first-order valence-corrected chi connectivity index (χ1v) is 5.21. The van der Waals surface area contributed by atoms with E-state index < -0.39 is 6.10 Å². The Morgan fingerprint density at radius 1 is 1.25 bits per heavy atom. The van der Waals surface area contributed by atoms with Gasteiger partial charge in [0, 0.05) is 6.04 Å². The monoisotopic (exact) mass is 225 g/mol. The fraction of sp³-hybridized carbons (Fsp3) is 0.417. The molecular weight excluding hydrogens is 209 g/mol. The molecule has 0 aromatic heterocycles. The summed E-state index contributed by atoms with van der Waals surface area (Å²) in [6, 6.07) is 5.65. The van der Waals surface area contributed by atoms with Gasteiger partial charge in [0.15, 0.2) is 6.10 Å². The average molecular weight is 225 g/mol. The normalized spacial score (nSPS) is 12.3. The quantitative estimate of drug-likeness (QED) is 0.852. The van der Waals surface area contributed by atoms with Crippen LogP contribution in [0, 0.1) is 5.82 Å². The first kappa shape index (κ1) is 12.5. The molecule has 16 heavy (non-hydrogen) atoms. The number of nitrogens with one attached hydrogen (secondary N) is 1. The minimum Gasteiger partial charge on any atom is -0.481 e. The second kappa shape index (κ2) is 5.49. The van der Waals surface area contributed by atoms with E-state index in [0.29, 0.717) is 5.75 Å². The van der Waals surface area contributed by atoms with Crippen molar-refractivity contribution in [2.45, 2.75) is 32.9 Å². The van der Waals surface area contributed by atoms with Crippen molar-refractivity contribution in [3.63, 3.8) is 0 Å². The van der Waals surface area contributed by atoms with Gasteiger partial charge in [-0.05, 0) is 45.0 Å². The fourth-order valence-electron chi connectivity index (χ4n) is 1.17. The summed E-state index contributed by atoms with van der Waals surface area (Å²) in [5, 5.41) is 2.74. The van der Waals surface area contributed by atoms with Crippen LogP contribution in [0.25, 0.3) is 0 Å². The Balaban J connectivity index is 2.53. The summed E-state index contributed by atoms with van der Waals surface area (Å²) in [4.78, 5) is 11.5. The molecule has 1 aromatic rings. The molecule has 1 N–H and O–H groups in total. The Morgan fingerprint density at radius 3 is 2.31 bits per heavy atom. The number of halogens is 1. The zero-order valence-electron chi connectivity index (χ0n) is 9.66. The standard InChI is InChI=1S/C12H16FNO2/c1-8(2)14-12(15)9(3)16-11-6-4-10(13)5-7-11/h4-9H,1-3H3,(H,14,15). The van der Waals surface area contributed by atoms with Gasteiger partial charge in [-0.1, -0.05) is 0 Å². The zero-order valence-corrected chi connectivity index (χ0v) is 9.66. The van der Waals surface area contributed by atoms with Gasteiger partial charge in [-0.2, -0.15) is 0 Å². The summed E-state index contributed by atoms with van der Waals surface area (Å²) in [5.74, 6) is -0.0289. The van der Waals surface area contributed by atoms with Gasteiger partial charge in [0.05, 0.1) is 0 Å². The number of carbonyl (C=O) groups excluding carboxylic acids is 1. The lowest BCUT2D eigenvalue weighted by Crippen LogP contribution is -2.40. The Kier molecular flexibility index (Phi) is 4.28. The number of ether oxygens (including phenoxy) is 1. The molecule has 0 heterocycles. The number of benzene rings is 1. The smallest absolute Gasteiger partial charge is 0.260 e. The van der Waals surface area contributed by atoms with Gasteiger partial charge in [-0.25, -0.2) is 4.39 Å². The highest BCUT2D eigenvalue weighted by atomic mass is 19.1. The Bertz CT molecular complexity index is 349. The van der Waals surface area contributed by atoms with Crippen LogP contribution < -0.4 is 10.1 Å². The lowest BCUT2D eigenvalue weighted by Gasteiger charge is -2.16. The molecule has 1 rings (SSSR count). The van der Waals surface area contributed by atoms with Crippen LogP contribution >= 0.6 is 0 Å². The van der Waals surface area contributed by atoms with E-state index in [4.69, 9.17) is 4.74 Å². The molecule has 1 unspecified atom stereocenters. The van der Waals surface area contributed by atoms with Crippen molar-refractivity contribution >= 4 is 5.91 Å². The maximum atomic E-state index is 12.6. The third-order valence-electron chi connectivity index (χ3n) is 1.93. The first-order valence-electron chi connectivity index (χ1n) is 5.21. The molecule has 0 aliphatic carbocycles. The van der Waals surface area contributed by atoms with E-state index in [1.165, 1.54) is 24.3 Å². The van der Waals surface area contributed by atoms with Gasteiger partial charge in [0.25, 0.3) is 5.91 Å². The molecule has 0 spiro atoms. The fourth-order valence-corrected chi connectivity index (χ4v) is 1.17. The van der Waals surface area contributed by atoms with E-state index in [-0.39, 0.29) is 17.8 Å². The Hall–Kier alpha value is -1.58. The number of hydrogen-bond donors (Lipinski definition) is 1. The van der Waals surface area contributed by atoms with Gasteiger partial charge in [-0.15, -0.1) is 0 Å². The van der Waals surface area contributed by atoms with Crippen molar-refractivity contribution in [2.75, 3.05) is 0 Å². The summed E-state index contributed by atoms with van der Waals surface area (Å²) in [6.45, 7) is 5.41. The van der Waals surface area contributed by atoms with Gasteiger partial charge in [0.2, 0.25) is 0 Å². The summed E-state index contributed by atoms with van der Waals surface area (Å²) < 4.78 is 18.0. The Labute approximate surface area is 94.6 Å². The molecule has 88 valence electrons. The molecule has 0 radical (unpaired) electrons. The molecule has 1 atom stereocenters. The lowest BCUT2D eigenvalue weighted by atomic mass is 10.3. The molecule has 0 saturated heterocycles. The van der Waals surface area contributed by atoms with Crippen LogP contribution in [-0.4, -0.2) is 18.1 Å². The second-order valence-corrected chi connectivity index (χ2v) is 3.88. The van der Waals surface area contributed by atoms with Crippen molar-refractivity contribution in [3.05, 3.63) is 30.1 Å². The van der Waals surface area contributed by atoms with Gasteiger partial charge < -0.3 is 10.1 Å². The van der Waals surface area contributed by atoms with E-state index in [2.05, 4.69) is 5.32 Å². The van der Waals surface area contributed by atoms with Gasteiger partial charge >= 0.3 is 0 Å². The van der Waals surface area contributed by atoms with E-state index >= 15 is 0 Å². The van der Waals surface area contributed by atoms with E-state index in [1.54, 1.807) is 6.92 Å². The largest absolute Gasteiger partial charge is 0.481 e. The van der Waals surface area contributed by atoms with Gasteiger partial charge in [-0.3, -0.25) is 4.79 Å². The van der Waals surface area contributed by atoms with Crippen molar-refractivity contribution in [3.8, 4) is 5.75 Å². The average Bonchev–Trinajstić information content (AvgIpc) is 2.20. The number of carbonyl (C=O) groups is 1. The maximum absolute atomic E-state index is 12.6. The molecule has 4 heteroatoms. The van der Waals surface area contributed by atoms with Crippen LogP contribution in [0.3, 0.4) is 0 Å². The van der Waals surface area contributed by atoms with E-state index in [9.17, 15) is 9.18 Å². The molecule has 0 fully saturated rings. The zero-order chi connectivity index (χ0) is 12.1. The summed E-state index contributed by atoms with van der Waals surface area (Å²) in [5.41, 5.74) is 0. The van der Waals surface area contributed by atoms with Crippen LogP contribution in [0.2, 0.25) is 0 Å². The highest BCUT2D eigenvalue weighted by molar-refractivity contribution is 5.80. The molecule has 0 aliphatic rings. The third kappa shape index (κ3) is 3.88. The van der Waals surface area contributed by atoms with Crippen LogP contribution in [0.15, 0.2) is 24.3 Å². The molecule has 0 saturated carbocycles. The molecule has 0 aliphatic heterocycles. The van der Waals surface area contributed by atoms with E-state index in [1.807, 2.05) is 13.8 Å². The highest BCUT2D eigenvalue weighted by Crippen LogP contribution is 2.12. The number of rotatable bonds is 4. The van der Waals surface area contributed by atoms with Crippen LogP contribution in [0.5, 0.6) is 5.75 Å². The highest BCUT2D eigenvalue weighted by Gasteiger charge is 2.14. The first-order chi connectivity index (χ1) is 7.49. The maximum Gasteiger partial charge on any atom is 0.260 e. The third-order valence-corrected chi connectivity index (χ3v) is 1.93. The van der Waals surface area contributed by atoms with E-state index in [0.717, 1.165) is 0 Å². The molecule has 0 bridgehead atoms. The predicted molar refractivity (Wildman–Crippen MR) is 59.8 cm³/mol. The minimum atomic E-state index is -0.590. The summed E-state index contributed by atoms with van der Waals surface area (Å²) in [6.07, 6.45) is -0.590. The number of hydrogen-bond acceptors (Lipinski definition) is 2. The molecular formula is C12H16FNO2. The molecule has 1 amide bonds. The Morgan fingerprint density at radius 2 is 1.81 bits per heavy atom. The van der Waals surface area contributed by atoms with Crippen LogP contribution in [0.4, 0.5) is 4.39 Å². The second-order valence-electron chi connectivity index (χ2n) is 3.88. The summed E-state index contributed by atoms with van der Waals surface area (Å²) >= 11 is 0. The van der Waals surface area contributed by atoms with Gasteiger partial charge in [0.1, 0.15) is 11.6 Å². The van der Waals surface area contributed by atoms with Crippen LogP contribution in [-0.2, 0) is 4.79 Å². The van der Waals surface area contributed by atoms with Crippen molar-refractivity contribution in [1.82, 2.24) is 5.32 Å². The summed E-state index contributed by atoms with van der Waals surface area (Å²) in [7, 11) is 0. The topological polar surface area (TPSA) is 38.3 Å².